The van der Waals surface area contributed by atoms with Crippen LogP contribution in [0, 0.1) is 0 Å². The Balaban J connectivity index is 1.80. The molecule has 0 spiro atoms. The first kappa shape index (κ1) is 20.1. The highest BCUT2D eigenvalue weighted by Crippen LogP contribution is 2.27. The molecule has 0 aliphatic rings. The fraction of sp³-hybridized carbons (Fsp3) is 0.300. The average Bonchev–Trinajstić information content (AvgIpc) is 2.71. The molecule has 0 aliphatic carbocycles. The van der Waals surface area contributed by atoms with Crippen molar-refractivity contribution in [3.63, 3.8) is 0 Å². The number of methoxy groups -OCH3 is 3. The van der Waals surface area contributed by atoms with Crippen molar-refractivity contribution in [2.24, 2.45) is 0 Å². The third-order valence-corrected chi connectivity index (χ3v) is 3.96. The molecule has 0 aromatic heterocycles. The summed E-state index contributed by atoms with van der Waals surface area (Å²) in [7, 11) is 4.63. The second-order valence-corrected chi connectivity index (χ2v) is 5.66. The number of amides is 2. The zero-order valence-corrected chi connectivity index (χ0v) is 15.7. The molecule has 0 bridgehead atoms. The van der Waals surface area contributed by atoms with Crippen molar-refractivity contribution in [2.45, 2.75) is 6.42 Å². The van der Waals surface area contributed by atoms with E-state index in [4.69, 9.17) is 14.2 Å². The lowest BCUT2D eigenvalue weighted by Crippen LogP contribution is -2.37. The number of hydrogen-bond acceptors (Lipinski definition) is 5. The fourth-order valence-corrected chi connectivity index (χ4v) is 2.55. The van der Waals surface area contributed by atoms with Crippen molar-refractivity contribution >= 4 is 11.8 Å². The Morgan fingerprint density at radius 3 is 2.26 bits per heavy atom. The standard InChI is InChI=1S/C20H24N2O5/c1-25-16-7-5-4-6-14(16)10-11-21-19(23)13-22-20(24)15-8-9-17(26-2)18(12-15)27-3/h4-9,12H,10-11,13H2,1-3H3,(H,21,23)(H,22,24). The van der Waals surface area contributed by atoms with Gasteiger partial charge >= 0.3 is 0 Å². The van der Waals surface area contributed by atoms with Gasteiger partial charge in [-0.3, -0.25) is 9.59 Å². The van der Waals surface area contributed by atoms with Crippen molar-refractivity contribution in [3.05, 3.63) is 53.6 Å². The SMILES string of the molecule is COc1ccccc1CCNC(=O)CNC(=O)c1ccc(OC)c(OC)c1. The molecule has 2 rings (SSSR count). The van der Waals surface area contributed by atoms with Gasteiger partial charge in [0.05, 0.1) is 27.9 Å². The van der Waals surface area contributed by atoms with Crippen molar-refractivity contribution in [1.29, 1.82) is 0 Å². The molecule has 0 aliphatic heterocycles. The first-order valence-electron chi connectivity index (χ1n) is 8.47. The summed E-state index contributed by atoms with van der Waals surface area (Å²) in [5.74, 6) is 1.14. The van der Waals surface area contributed by atoms with Gasteiger partial charge in [-0.1, -0.05) is 18.2 Å². The summed E-state index contributed by atoms with van der Waals surface area (Å²) in [6, 6.07) is 12.4. The lowest BCUT2D eigenvalue weighted by molar-refractivity contribution is -0.120. The van der Waals surface area contributed by atoms with E-state index in [1.54, 1.807) is 25.3 Å². The number of benzene rings is 2. The lowest BCUT2D eigenvalue weighted by atomic mass is 10.1. The summed E-state index contributed by atoms with van der Waals surface area (Å²) in [4.78, 5) is 24.1. The smallest absolute Gasteiger partial charge is 0.251 e. The van der Waals surface area contributed by atoms with Crippen LogP contribution in [-0.4, -0.2) is 46.2 Å². The van der Waals surface area contributed by atoms with Crippen LogP contribution in [0.5, 0.6) is 17.2 Å². The Bertz CT molecular complexity index is 792. The summed E-state index contributed by atoms with van der Waals surface area (Å²) in [6.07, 6.45) is 0.638. The number of ether oxygens (including phenoxy) is 3. The number of carbonyl (C=O) groups is 2. The number of nitrogens with one attached hydrogen (secondary N) is 2. The molecule has 0 radical (unpaired) electrons. The van der Waals surface area contributed by atoms with Crippen LogP contribution in [0.4, 0.5) is 0 Å². The Morgan fingerprint density at radius 1 is 0.852 bits per heavy atom. The van der Waals surface area contributed by atoms with Gasteiger partial charge in [0.1, 0.15) is 5.75 Å². The van der Waals surface area contributed by atoms with Gasteiger partial charge in [0.2, 0.25) is 5.91 Å². The van der Waals surface area contributed by atoms with Gasteiger partial charge in [-0.2, -0.15) is 0 Å². The molecular formula is C20H24N2O5. The van der Waals surface area contributed by atoms with E-state index >= 15 is 0 Å². The number of hydrogen-bond donors (Lipinski definition) is 2. The van der Waals surface area contributed by atoms with E-state index < -0.39 is 0 Å². The third kappa shape index (κ3) is 5.64. The van der Waals surface area contributed by atoms with Crippen LogP contribution in [0.3, 0.4) is 0 Å². The fourth-order valence-electron chi connectivity index (χ4n) is 2.55. The van der Waals surface area contributed by atoms with Gasteiger partial charge in [0.25, 0.3) is 5.91 Å². The number of carbonyl (C=O) groups excluding carboxylic acids is 2. The van der Waals surface area contributed by atoms with Crippen molar-refractivity contribution in [1.82, 2.24) is 10.6 Å². The molecule has 0 saturated heterocycles. The number of rotatable bonds is 9. The Kier molecular flexibility index (Phi) is 7.49. The maximum atomic E-state index is 12.2. The third-order valence-electron chi connectivity index (χ3n) is 3.96. The molecule has 144 valence electrons. The van der Waals surface area contributed by atoms with Crippen LogP contribution in [0.25, 0.3) is 0 Å². The van der Waals surface area contributed by atoms with E-state index in [9.17, 15) is 9.59 Å². The minimum atomic E-state index is -0.365. The average molecular weight is 372 g/mol. The van der Waals surface area contributed by atoms with Crippen LogP contribution in [-0.2, 0) is 11.2 Å². The molecule has 7 heteroatoms. The van der Waals surface area contributed by atoms with Crippen LogP contribution in [0.15, 0.2) is 42.5 Å². The van der Waals surface area contributed by atoms with Gasteiger partial charge in [-0.15, -0.1) is 0 Å². The monoisotopic (exact) mass is 372 g/mol. The molecule has 0 atom stereocenters. The summed E-state index contributed by atoms with van der Waals surface area (Å²) < 4.78 is 15.6. The molecule has 27 heavy (non-hydrogen) atoms. The second-order valence-electron chi connectivity index (χ2n) is 5.66. The summed E-state index contributed by atoms with van der Waals surface area (Å²) in [5, 5.41) is 5.36. The summed E-state index contributed by atoms with van der Waals surface area (Å²) in [5.41, 5.74) is 1.39. The molecule has 0 fully saturated rings. The van der Waals surface area contributed by atoms with Crippen LogP contribution in [0.1, 0.15) is 15.9 Å². The highest BCUT2D eigenvalue weighted by atomic mass is 16.5. The van der Waals surface area contributed by atoms with Gasteiger partial charge in [-0.25, -0.2) is 0 Å². The summed E-state index contributed by atoms with van der Waals surface area (Å²) in [6.45, 7) is 0.338. The first-order chi connectivity index (χ1) is 13.1. The first-order valence-corrected chi connectivity index (χ1v) is 8.47. The quantitative estimate of drug-likeness (QED) is 0.701. The minimum absolute atomic E-state index is 0.112. The molecular weight excluding hydrogens is 348 g/mol. The number of para-hydroxylation sites is 1. The molecule has 2 amide bonds. The van der Waals surface area contributed by atoms with E-state index in [1.807, 2.05) is 24.3 Å². The van der Waals surface area contributed by atoms with E-state index in [0.717, 1.165) is 11.3 Å². The normalized spacial score (nSPS) is 10.0. The second kappa shape index (κ2) is 10.1. The van der Waals surface area contributed by atoms with Crippen LogP contribution >= 0.6 is 0 Å². The molecule has 2 N–H and O–H groups in total. The zero-order chi connectivity index (χ0) is 19.6. The molecule has 0 heterocycles. The van der Waals surface area contributed by atoms with E-state index in [-0.39, 0.29) is 18.4 Å². The van der Waals surface area contributed by atoms with Crippen LogP contribution in [0.2, 0.25) is 0 Å². The molecule has 7 nitrogen and oxygen atoms in total. The summed E-state index contributed by atoms with van der Waals surface area (Å²) >= 11 is 0. The lowest BCUT2D eigenvalue weighted by Gasteiger charge is -2.11. The van der Waals surface area contributed by atoms with Gasteiger partial charge < -0.3 is 24.8 Å². The molecule has 0 saturated carbocycles. The van der Waals surface area contributed by atoms with Gasteiger partial charge in [0.15, 0.2) is 11.5 Å². The van der Waals surface area contributed by atoms with E-state index in [0.29, 0.717) is 30.0 Å². The minimum Gasteiger partial charge on any atom is -0.496 e. The van der Waals surface area contributed by atoms with Crippen molar-refractivity contribution in [2.75, 3.05) is 34.4 Å². The Labute approximate surface area is 158 Å². The van der Waals surface area contributed by atoms with Crippen LogP contribution < -0.4 is 24.8 Å². The highest BCUT2D eigenvalue weighted by molar-refractivity contribution is 5.97. The largest absolute Gasteiger partial charge is 0.496 e. The van der Waals surface area contributed by atoms with E-state index in [1.165, 1.54) is 14.2 Å². The predicted molar refractivity (Wildman–Crippen MR) is 102 cm³/mol. The topological polar surface area (TPSA) is 85.9 Å². The van der Waals surface area contributed by atoms with Crippen molar-refractivity contribution < 1.29 is 23.8 Å². The Morgan fingerprint density at radius 2 is 1.56 bits per heavy atom. The molecule has 2 aromatic carbocycles. The maximum absolute atomic E-state index is 12.2. The van der Waals surface area contributed by atoms with Crippen molar-refractivity contribution in [3.8, 4) is 17.2 Å². The highest BCUT2D eigenvalue weighted by Gasteiger charge is 2.12. The van der Waals surface area contributed by atoms with Gasteiger partial charge in [-0.05, 0) is 36.2 Å². The molecule has 0 unspecified atom stereocenters. The maximum Gasteiger partial charge on any atom is 0.251 e. The molecule has 2 aromatic rings. The zero-order valence-electron chi connectivity index (χ0n) is 15.7. The Hall–Kier alpha value is -3.22. The van der Waals surface area contributed by atoms with E-state index in [2.05, 4.69) is 10.6 Å². The van der Waals surface area contributed by atoms with Gasteiger partial charge in [0, 0.05) is 12.1 Å². The predicted octanol–water partition coefficient (Wildman–Crippen LogP) is 1.80.